The molecule has 1 rings (SSSR count). The Kier molecular flexibility index (Phi) is 6.46. The Morgan fingerprint density at radius 3 is 2.60 bits per heavy atom. The lowest BCUT2D eigenvalue weighted by atomic mass is 9.93. The van der Waals surface area contributed by atoms with Crippen molar-refractivity contribution >= 4 is 5.91 Å². The minimum absolute atomic E-state index is 0.229. The smallest absolute Gasteiger partial charge is 0.237 e. The Hall–Kier alpha value is -0.610. The van der Waals surface area contributed by atoms with Gasteiger partial charge < -0.3 is 11.1 Å². The summed E-state index contributed by atoms with van der Waals surface area (Å²) < 4.78 is 0. The van der Waals surface area contributed by atoms with Crippen molar-refractivity contribution < 1.29 is 4.79 Å². The highest BCUT2D eigenvalue weighted by Gasteiger charge is 2.32. The molecule has 0 aliphatic carbocycles. The zero-order valence-corrected chi connectivity index (χ0v) is 13.8. The molecule has 0 spiro atoms. The first-order chi connectivity index (χ1) is 9.32. The van der Waals surface area contributed by atoms with Crippen molar-refractivity contribution in [3.63, 3.8) is 0 Å². The predicted octanol–water partition coefficient (Wildman–Crippen LogP) is 2.27. The summed E-state index contributed by atoms with van der Waals surface area (Å²) in [6.07, 6.45) is 6.64. The average molecular weight is 283 g/mol. The number of carbonyl (C=O) groups excluding carboxylic acids is 1. The van der Waals surface area contributed by atoms with Crippen molar-refractivity contribution in [2.75, 3.05) is 19.6 Å². The van der Waals surface area contributed by atoms with E-state index < -0.39 is 5.54 Å². The molecule has 1 heterocycles. The first-order valence-corrected chi connectivity index (χ1v) is 8.12. The van der Waals surface area contributed by atoms with Crippen molar-refractivity contribution in [2.45, 2.75) is 77.3 Å². The summed E-state index contributed by atoms with van der Waals surface area (Å²) in [6.45, 7) is 11.9. The van der Waals surface area contributed by atoms with Crippen LogP contribution in [0.2, 0.25) is 0 Å². The third kappa shape index (κ3) is 4.74. The van der Waals surface area contributed by atoms with E-state index in [1.807, 2.05) is 6.92 Å². The summed E-state index contributed by atoms with van der Waals surface area (Å²) in [5.41, 5.74) is 5.36. The molecule has 1 amide bonds. The van der Waals surface area contributed by atoms with Gasteiger partial charge in [0.2, 0.25) is 5.91 Å². The minimum Gasteiger partial charge on any atom is -0.368 e. The molecular weight excluding hydrogens is 250 g/mol. The zero-order valence-electron chi connectivity index (χ0n) is 13.8. The SMILES string of the molecule is CCCNC(C)(CCCCN1CCCC1(C)C)C(N)=O. The van der Waals surface area contributed by atoms with E-state index in [4.69, 9.17) is 5.73 Å². The van der Waals surface area contributed by atoms with Crippen LogP contribution in [-0.2, 0) is 4.79 Å². The van der Waals surface area contributed by atoms with Gasteiger partial charge in [0, 0.05) is 5.54 Å². The van der Waals surface area contributed by atoms with E-state index in [0.29, 0.717) is 5.54 Å². The van der Waals surface area contributed by atoms with Gasteiger partial charge in [0.1, 0.15) is 0 Å². The molecule has 0 aromatic rings. The molecule has 3 N–H and O–H groups in total. The number of hydrogen-bond donors (Lipinski definition) is 2. The monoisotopic (exact) mass is 283 g/mol. The lowest BCUT2D eigenvalue weighted by Gasteiger charge is -2.32. The zero-order chi connectivity index (χ0) is 15.2. The molecule has 0 bridgehead atoms. The third-order valence-electron chi connectivity index (χ3n) is 4.74. The Morgan fingerprint density at radius 1 is 1.40 bits per heavy atom. The van der Waals surface area contributed by atoms with Crippen LogP contribution in [0.5, 0.6) is 0 Å². The summed E-state index contributed by atoms with van der Waals surface area (Å²) in [7, 11) is 0. The van der Waals surface area contributed by atoms with E-state index in [2.05, 4.69) is 31.0 Å². The van der Waals surface area contributed by atoms with Gasteiger partial charge in [-0.2, -0.15) is 0 Å². The summed E-state index contributed by atoms with van der Waals surface area (Å²) in [5.74, 6) is -0.229. The van der Waals surface area contributed by atoms with Gasteiger partial charge in [0.15, 0.2) is 0 Å². The van der Waals surface area contributed by atoms with Crippen LogP contribution in [0.15, 0.2) is 0 Å². The maximum Gasteiger partial charge on any atom is 0.237 e. The van der Waals surface area contributed by atoms with Gasteiger partial charge in [0.05, 0.1) is 5.54 Å². The highest BCUT2D eigenvalue weighted by atomic mass is 16.1. The molecule has 20 heavy (non-hydrogen) atoms. The summed E-state index contributed by atoms with van der Waals surface area (Å²) >= 11 is 0. The fourth-order valence-corrected chi connectivity index (χ4v) is 3.06. The highest BCUT2D eigenvalue weighted by Crippen LogP contribution is 2.28. The molecule has 4 heteroatoms. The number of likely N-dealkylation sites (tertiary alicyclic amines) is 1. The molecule has 0 saturated carbocycles. The first-order valence-electron chi connectivity index (χ1n) is 8.12. The molecule has 1 unspecified atom stereocenters. The van der Waals surface area contributed by atoms with Gasteiger partial charge in [0.25, 0.3) is 0 Å². The van der Waals surface area contributed by atoms with Crippen LogP contribution in [0, 0.1) is 0 Å². The molecule has 1 atom stereocenters. The van der Waals surface area contributed by atoms with E-state index in [9.17, 15) is 4.79 Å². The van der Waals surface area contributed by atoms with E-state index in [0.717, 1.165) is 38.8 Å². The molecule has 1 aliphatic heterocycles. The lowest BCUT2D eigenvalue weighted by Crippen LogP contribution is -2.53. The molecule has 1 saturated heterocycles. The van der Waals surface area contributed by atoms with Gasteiger partial charge in [-0.15, -0.1) is 0 Å². The van der Waals surface area contributed by atoms with Gasteiger partial charge in [-0.05, 0) is 78.9 Å². The average Bonchev–Trinajstić information content (AvgIpc) is 2.71. The Labute approximate surface area is 124 Å². The molecule has 0 aromatic carbocycles. The quantitative estimate of drug-likeness (QED) is 0.638. The first kappa shape index (κ1) is 17.4. The van der Waals surface area contributed by atoms with Crippen molar-refractivity contribution in [3.05, 3.63) is 0 Å². The van der Waals surface area contributed by atoms with Crippen LogP contribution in [0.1, 0.15) is 66.2 Å². The largest absolute Gasteiger partial charge is 0.368 e. The van der Waals surface area contributed by atoms with Crippen LogP contribution >= 0.6 is 0 Å². The van der Waals surface area contributed by atoms with Crippen LogP contribution in [0.3, 0.4) is 0 Å². The second kappa shape index (κ2) is 7.41. The van der Waals surface area contributed by atoms with Crippen LogP contribution in [-0.4, -0.2) is 41.5 Å². The van der Waals surface area contributed by atoms with Crippen molar-refractivity contribution in [1.29, 1.82) is 0 Å². The summed E-state index contributed by atoms with van der Waals surface area (Å²) in [6, 6.07) is 0. The van der Waals surface area contributed by atoms with Gasteiger partial charge in [-0.1, -0.05) is 6.92 Å². The lowest BCUT2D eigenvalue weighted by molar-refractivity contribution is -0.124. The van der Waals surface area contributed by atoms with Gasteiger partial charge >= 0.3 is 0 Å². The molecule has 4 nitrogen and oxygen atoms in total. The topological polar surface area (TPSA) is 58.4 Å². The number of carbonyl (C=O) groups is 1. The number of amides is 1. The van der Waals surface area contributed by atoms with Crippen LogP contribution in [0.25, 0.3) is 0 Å². The van der Waals surface area contributed by atoms with Gasteiger partial charge in [-0.3, -0.25) is 9.69 Å². The summed E-state index contributed by atoms with van der Waals surface area (Å²) in [5, 5.41) is 3.30. The number of rotatable bonds is 9. The maximum absolute atomic E-state index is 11.6. The van der Waals surface area contributed by atoms with Crippen molar-refractivity contribution in [2.24, 2.45) is 5.73 Å². The summed E-state index contributed by atoms with van der Waals surface area (Å²) in [4.78, 5) is 14.2. The highest BCUT2D eigenvalue weighted by molar-refractivity contribution is 5.84. The number of primary amides is 1. The standard InChI is InChI=1S/C16H33N3O/c1-5-11-18-16(4,14(17)20)10-6-7-12-19-13-8-9-15(19,2)3/h18H,5-13H2,1-4H3,(H2,17,20). The fraction of sp³-hybridized carbons (Fsp3) is 0.938. The number of nitrogens with two attached hydrogens (primary N) is 1. The molecule has 1 fully saturated rings. The van der Waals surface area contributed by atoms with E-state index >= 15 is 0 Å². The maximum atomic E-state index is 11.6. The van der Waals surface area contributed by atoms with Crippen molar-refractivity contribution in [3.8, 4) is 0 Å². The second-order valence-corrected chi connectivity index (χ2v) is 6.98. The van der Waals surface area contributed by atoms with Crippen LogP contribution in [0.4, 0.5) is 0 Å². The van der Waals surface area contributed by atoms with Crippen molar-refractivity contribution in [1.82, 2.24) is 10.2 Å². The molecular formula is C16H33N3O. The molecule has 1 aliphatic rings. The van der Waals surface area contributed by atoms with Crippen LogP contribution < -0.4 is 11.1 Å². The number of unbranched alkanes of at least 4 members (excludes halogenated alkanes) is 1. The minimum atomic E-state index is -0.545. The van der Waals surface area contributed by atoms with E-state index in [1.54, 1.807) is 0 Å². The van der Waals surface area contributed by atoms with E-state index in [1.165, 1.54) is 19.4 Å². The Morgan fingerprint density at radius 2 is 2.10 bits per heavy atom. The normalized spacial score (nSPS) is 21.8. The third-order valence-corrected chi connectivity index (χ3v) is 4.74. The molecule has 0 aromatic heterocycles. The molecule has 0 radical (unpaired) electrons. The number of nitrogens with one attached hydrogen (secondary N) is 1. The number of nitrogens with zero attached hydrogens (tertiary/aromatic N) is 1. The number of hydrogen-bond acceptors (Lipinski definition) is 3. The van der Waals surface area contributed by atoms with Gasteiger partial charge in [-0.25, -0.2) is 0 Å². The molecule has 118 valence electrons. The Balaban J connectivity index is 2.32. The Bertz CT molecular complexity index is 317. The fourth-order valence-electron chi connectivity index (χ4n) is 3.06. The predicted molar refractivity (Wildman–Crippen MR) is 84.6 cm³/mol. The van der Waals surface area contributed by atoms with E-state index in [-0.39, 0.29) is 5.91 Å². The second-order valence-electron chi connectivity index (χ2n) is 6.98.